The normalized spacial score (nSPS) is 22.0. The van der Waals surface area contributed by atoms with Crippen molar-refractivity contribution in [2.24, 2.45) is 5.92 Å². The maximum atomic E-state index is 13.2. The van der Waals surface area contributed by atoms with Gasteiger partial charge < -0.3 is 23.8 Å². The molecule has 0 bridgehead atoms. The summed E-state index contributed by atoms with van der Waals surface area (Å²) in [4.78, 5) is 34.3. The molecule has 1 aliphatic carbocycles. The number of hydrogen-bond acceptors (Lipinski definition) is 7. The first-order chi connectivity index (χ1) is 17.1. The van der Waals surface area contributed by atoms with E-state index in [9.17, 15) is 9.59 Å². The number of hydrogen-bond donors (Lipinski definition) is 0. The summed E-state index contributed by atoms with van der Waals surface area (Å²) in [6, 6.07) is 5.85. The maximum Gasteiger partial charge on any atom is 0.230 e. The van der Waals surface area contributed by atoms with E-state index < -0.39 is 0 Å². The molecule has 1 saturated carbocycles. The number of benzene rings is 1. The Balaban J connectivity index is 1.17. The van der Waals surface area contributed by atoms with Gasteiger partial charge in [0.1, 0.15) is 0 Å². The van der Waals surface area contributed by atoms with Crippen LogP contribution in [0.15, 0.2) is 22.7 Å². The number of nitrogens with zero attached hydrogens (tertiary/aromatic N) is 4. The molecule has 2 aliphatic heterocycles. The number of carbonyl (C=O) groups excluding carboxylic acids is 2. The first-order valence-electron chi connectivity index (χ1n) is 12.7. The van der Waals surface area contributed by atoms with Crippen LogP contribution in [0.4, 0.5) is 0 Å². The topological polar surface area (TPSA) is 98.0 Å². The van der Waals surface area contributed by atoms with Gasteiger partial charge in [0.2, 0.25) is 23.5 Å². The molecule has 9 nitrogen and oxygen atoms in total. The van der Waals surface area contributed by atoms with E-state index in [2.05, 4.69) is 10.1 Å². The molecule has 5 rings (SSSR count). The van der Waals surface area contributed by atoms with Crippen molar-refractivity contribution in [3.63, 3.8) is 0 Å². The molecule has 0 radical (unpaired) electrons. The molecule has 3 aliphatic rings. The second-order valence-corrected chi connectivity index (χ2v) is 9.86. The Kier molecular flexibility index (Phi) is 6.92. The van der Waals surface area contributed by atoms with Crippen LogP contribution in [0.25, 0.3) is 11.4 Å². The number of likely N-dealkylation sites (tertiary alicyclic amines) is 2. The Morgan fingerprint density at radius 3 is 2.49 bits per heavy atom. The molecule has 2 amide bonds. The molecule has 35 heavy (non-hydrogen) atoms. The van der Waals surface area contributed by atoms with Crippen LogP contribution in [-0.4, -0.2) is 71.7 Å². The number of piperidine rings is 1. The molecule has 0 spiro atoms. The van der Waals surface area contributed by atoms with Crippen molar-refractivity contribution >= 4 is 11.8 Å². The molecule has 3 fully saturated rings. The standard InChI is InChI=1S/C26H34N4O5/c1-33-21-9-8-18(14-22(21)34-2)24-27-25(35-28-24)17-10-12-29(13-11-17)26(32)19-15-23(31)30(16-19)20-6-4-3-5-7-20/h8-9,14,17,19-20H,3-7,10-13,15-16H2,1-2H3. The monoisotopic (exact) mass is 482 g/mol. The maximum absolute atomic E-state index is 13.2. The lowest BCUT2D eigenvalue weighted by atomic mass is 9.94. The largest absolute Gasteiger partial charge is 0.493 e. The highest BCUT2D eigenvalue weighted by Crippen LogP contribution is 2.34. The first-order valence-corrected chi connectivity index (χ1v) is 12.7. The number of rotatable bonds is 6. The van der Waals surface area contributed by atoms with Crippen molar-refractivity contribution in [3.05, 3.63) is 24.1 Å². The van der Waals surface area contributed by atoms with Crippen molar-refractivity contribution in [2.75, 3.05) is 33.9 Å². The van der Waals surface area contributed by atoms with E-state index in [4.69, 9.17) is 14.0 Å². The van der Waals surface area contributed by atoms with E-state index in [1.54, 1.807) is 14.2 Å². The highest BCUT2D eigenvalue weighted by molar-refractivity contribution is 5.89. The van der Waals surface area contributed by atoms with Gasteiger partial charge in [-0.25, -0.2) is 0 Å². The van der Waals surface area contributed by atoms with Crippen molar-refractivity contribution < 1.29 is 23.6 Å². The molecule has 3 heterocycles. The van der Waals surface area contributed by atoms with Gasteiger partial charge in [-0.15, -0.1) is 0 Å². The van der Waals surface area contributed by atoms with Crippen LogP contribution in [-0.2, 0) is 9.59 Å². The lowest BCUT2D eigenvalue weighted by molar-refractivity contribution is -0.137. The highest BCUT2D eigenvalue weighted by Gasteiger charge is 2.40. The molecule has 1 aromatic carbocycles. The zero-order chi connectivity index (χ0) is 24.4. The molecule has 1 unspecified atom stereocenters. The predicted octanol–water partition coefficient (Wildman–Crippen LogP) is 3.64. The van der Waals surface area contributed by atoms with Crippen LogP contribution < -0.4 is 9.47 Å². The van der Waals surface area contributed by atoms with E-state index in [1.807, 2.05) is 28.0 Å². The first kappa shape index (κ1) is 23.6. The molecular formula is C26H34N4O5. The SMILES string of the molecule is COc1ccc(-c2noc(C3CCN(C(=O)C4CC(=O)N(C5CCCCC5)C4)CC3)n2)cc1OC. The Hall–Kier alpha value is -3.10. The molecule has 0 N–H and O–H groups in total. The number of ether oxygens (including phenoxy) is 2. The minimum absolute atomic E-state index is 0.115. The van der Waals surface area contributed by atoms with Crippen LogP contribution in [0.3, 0.4) is 0 Å². The van der Waals surface area contributed by atoms with Gasteiger partial charge in [-0.05, 0) is 43.9 Å². The van der Waals surface area contributed by atoms with E-state index in [0.717, 1.165) is 31.2 Å². The average molecular weight is 483 g/mol. The minimum atomic E-state index is -0.207. The summed E-state index contributed by atoms with van der Waals surface area (Å²) in [5.41, 5.74) is 0.790. The second kappa shape index (κ2) is 10.3. The summed E-state index contributed by atoms with van der Waals surface area (Å²) < 4.78 is 16.3. The van der Waals surface area contributed by atoms with Crippen molar-refractivity contribution in [1.82, 2.24) is 19.9 Å². The third kappa shape index (κ3) is 4.86. The van der Waals surface area contributed by atoms with Gasteiger partial charge in [0.25, 0.3) is 0 Å². The fraction of sp³-hybridized carbons (Fsp3) is 0.615. The van der Waals surface area contributed by atoms with Gasteiger partial charge in [0.15, 0.2) is 11.5 Å². The van der Waals surface area contributed by atoms with Gasteiger partial charge >= 0.3 is 0 Å². The second-order valence-electron chi connectivity index (χ2n) is 9.86. The number of carbonyl (C=O) groups is 2. The number of aromatic nitrogens is 2. The van der Waals surface area contributed by atoms with E-state index in [1.165, 1.54) is 19.3 Å². The third-order valence-electron chi connectivity index (χ3n) is 7.76. The molecule has 9 heteroatoms. The third-order valence-corrected chi connectivity index (χ3v) is 7.76. The van der Waals surface area contributed by atoms with Gasteiger partial charge in [-0.1, -0.05) is 24.4 Å². The zero-order valence-electron chi connectivity index (χ0n) is 20.6. The Morgan fingerprint density at radius 1 is 1.03 bits per heavy atom. The minimum Gasteiger partial charge on any atom is -0.493 e. The molecule has 1 atom stereocenters. The Bertz CT molecular complexity index is 1060. The van der Waals surface area contributed by atoms with Crippen molar-refractivity contribution in [3.8, 4) is 22.9 Å². The van der Waals surface area contributed by atoms with E-state index in [0.29, 0.717) is 55.3 Å². The predicted molar refractivity (Wildman–Crippen MR) is 128 cm³/mol. The van der Waals surface area contributed by atoms with Crippen LogP contribution in [0, 0.1) is 5.92 Å². The van der Waals surface area contributed by atoms with E-state index in [-0.39, 0.29) is 23.7 Å². The van der Waals surface area contributed by atoms with E-state index >= 15 is 0 Å². The molecule has 2 saturated heterocycles. The fourth-order valence-corrected chi connectivity index (χ4v) is 5.74. The summed E-state index contributed by atoms with van der Waals surface area (Å²) >= 11 is 0. The van der Waals surface area contributed by atoms with Crippen LogP contribution >= 0.6 is 0 Å². The van der Waals surface area contributed by atoms with Crippen molar-refractivity contribution in [1.29, 1.82) is 0 Å². The van der Waals surface area contributed by atoms with Gasteiger partial charge in [-0.2, -0.15) is 4.98 Å². The fourth-order valence-electron chi connectivity index (χ4n) is 5.74. The summed E-state index contributed by atoms with van der Waals surface area (Å²) in [5.74, 6) is 2.53. The summed E-state index contributed by atoms with van der Waals surface area (Å²) in [6.45, 7) is 1.87. The molecule has 2 aromatic rings. The highest BCUT2D eigenvalue weighted by atomic mass is 16.5. The Labute approximate surface area is 205 Å². The zero-order valence-corrected chi connectivity index (χ0v) is 20.6. The summed E-state index contributed by atoms with van der Waals surface area (Å²) in [6.07, 6.45) is 7.67. The van der Waals surface area contributed by atoms with Crippen LogP contribution in [0.2, 0.25) is 0 Å². The quantitative estimate of drug-likeness (QED) is 0.620. The van der Waals surface area contributed by atoms with Gasteiger partial charge in [0, 0.05) is 43.6 Å². The van der Waals surface area contributed by atoms with Gasteiger partial charge in [0.05, 0.1) is 20.1 Å². The lowest BCUT2D eigenvalue weighted by Crippen LogP contribution is -2.43. The number of amides is 2. The molecular weight excluding hydrogens is 448 g/mol. The Morgan fingerprint density at radius 2 is 1.77 bits per heavy atom. The molecule has 1 aromatic heterocycles. The van der Waals surface area contributed by atoms with Gasteiger partial charge in [-0.3, -0.25) is 9.59 Å². The lowest BCUT2D eigenvalue weighted by Gasteiger charge is -2.33. The summed E-state index contributed by atoms with van der Waals surface area (Å²) in [7, 11) is 3.19. The van der Waals surface area contributed by atoms with Crippen LogP contribution in [0.1, 0.15) is 63.2 Å². The number of methoxy groups -OCH3 is 2. The van der Waals surface area contributed by atoms with Crippen LogP contribution in [0.5, 0.6) is 11.5 Å². The smallest absolute Gasteiger partial charge is 0.230 e. The molecule has 188 valence electrons. The summed E-state index contributed by atoms with van der Waals surface area (Å²) in [5, 5.41) is 4.16. The average Bonchev–Trinajstić information content (AvgIpc) is 3.56. The van der Waals surface area contributed by atoms with Crippen molar-refractivity contribution in [2.45, 2.75) is 63.3 Å².